The van der Waals surface area contributed by atoms with Gasteiger partial charge in [-0.05, 0) is 35.9 Å². The van der Waals surface area contributed by atoms with Crippen LogP contribution < -0.4 is 5.32 Å². The molecule has 3 heterocycles. The van der Waals surface area contributed by atoms with Gasteiger partial charge in [0.15, 0.2) is 0 Å². The van der Waals surface area contributed by atoms with Gasteiger partial charge >= 0.3 is 0 Å². The lowest BCUT2D eigenvalue weighted by molar-refractivity contribution is -0.128. The Labute approximate surface area is 121 Å². The second-order valence-corrected chi connectivity index (χ2v) is 5.91. The molecule has 0 unspecified atom stereocenters. The predicted molar refractivity (Wildman–Crippen MR) is 77.4 cm³/mol. The van der Waals surface area contributed by atoms with Gasteiger partial charge in [0.05, 0.1) is 19.1 Å². The normalized spacial score (nSPS) is 16.2. The van der Waals surface area contributed by atoms with E-state index in [1.165, 1.54) is 0 Å². The molecular weight excluding hydrogens is 274 g/mol. The number of carbonyl (C=O) groups is 1. The van der Waals surface area contributed by atoms with E-state index in [-0.39, 0.29) is 11.8 Å². The summed E-state index contributed by atoms with van der Waals surface area (Å²) in [5, 5.41) is 5.10. The fraction of sp³-hybridized carbons (Fsp3) is 0.400. The van der Waals surface area contributed by atoms with Gasteiger partial charge < -0.3 is 14.5 Å². The van der Waals surface area contributed by atoms with E-state index in [1.807, 2.05) is 6.07 Å². The van der Waals surface area contributed by atoms with Crippen molar-refractivity contribution in [2.24, 2.45) is 5.92 Å². The zero-order valence-corrected chi connectivity index (χ0v) is 11.9. The van der Waals surface area contributed by atoms with E-state index in [0.717, 1.165) is 28.8 Å². The summed E-state index contributed by atoms with van der Waals surface area (Å²) in [5.74, 6) is 0.253. The number of furan rings is 1. The third kappa shape index (κ3) is 3.11. The van der Waals surface area contributed by atoms with E-state index < -0.39 is 0 Å². The Morgan fingerprint density at radius 1 is 1.35 bits per heavy atom. The maximum Gasteiger partial charge on any atom is 0.223 e. The first-order chi connectivity index (χ1) is 9.83. The lowest BCUT2D eigenvalue weighted by atomic mass is 9.99. The largest absolute Gasteiger partial charge is 0.472 e. The lowest BCUT2D eigenvalue weighted by Crippen LogP contribution is -2.33. The minimum Gasteiger partial charge on any atom is -0.472 e. The minimum absolute atomic E-state index is 0.108. The molecule has 3 rings (SSSR count). The van der Waals surface area contributed by atoms with Crippen molar-refractivity contribution in [3.8, 4) is 11.1 Å². The summed E-state index contributed by atoms with van der Waals surface area (Å²) in [5.41, 5.74) is 2.21. The highest BCUT2D eigenvalue weighted by Gasteiger charge is 2.21. The van der Waals surface area contributed by atoms with Crippen LogP contribution in [0.4, 0.5) is 0 Å². The van der Waals surface area contributed by atoms with E-state index in [4.69, 9.17) is 9.15 Å². The Bertz CT molecular complexity index is 555. The highest BCUT2D eigenvalue weighted by molar-refractivity contribution is 7.10. The Morgan fingerprint density at radius 2 is 2.20 bits per heavy atom. The monoisotopic (exact) mass is 291 g/mol. The molecule has 5 heteroatoms. The van der Waals surface area contributed by atoms with Crippen molar-refractivity contribution < 1.29 is 13.9 Å². The smallest absolute Gasteiger partial charge is 0.223 e. The van der Waals surface area contributed by atoms with Gasteiger partial charge in [-0.1, -0.05) is 0 Å². The first-order valence-electron chi connectivity index (χ1n) is 6.78. The van der Waals surface area contributed by atoms with Crippen molar-refractivity contribution in [3.05, 3.63) is 34.9 Å². The molecule has 1 amide bonds. The predicted octanol–water partition coefficient (Wildman–Crippen LogP) is 3.05. The van der Waals surface area contributed by atoms with Crippen LogP contribution in [0.5, 0.6) is 0 Å². The zero-order valence-electron chi connectivity index (χ0n) is 11.1. The van der Waals surface area contributed by atoms with E-state index >= 15 is 0 Å². The molecule has 0 spiro atoms. The highest BCUT2D eigenvalue weighted by Crippen LogP contribution is 2.26. The first kappa shape index (κ1) is 13.4. The minimum atomic E-state index is 0.108. The fourth-order valence-electron chi connectivity index (χ4n) is 2.33. The standard InChI is InChI=1S/C15H17NO3S/c17-15(11-1-4-18-5-2-11)16-8-14-7-13(10-20-14)12-3-6-19-9-12/h3,6-7,9-11H,1-2,4-5,8H2,(H,16,17). The number of ether oxygens (including phenoxy) is 1. The van der Waals surface area contributed by atoms with Crippen LogP contribution in [0.3, 0.4) is 0 Å². The summed E-state index contributed by atoms with van der Waals surface area (Å²) >= 11 is 1.66. The highest BCUT2D eigenvalue weighted by atomic mass is 32.1. The van der Waals surface area contributed by atoms with Crippen molar-refractivity contribution in [1.29, 1.82) is 0 Å². The van der Waals surface area contributed by atoms with Crippen LogP contribution in [0, 0.1) is 5.92 Å². The Morgan fingerprint density at radius 3 is 2.95 bits per heavy atom. The molecule has 4 nitrogen and oxygen atoms in total. The van der Waals surface area contributed by atoms with Gasteiger partial charge in [0, 0.05) is 29.6 Å². The Kier molecular flexibility index (Phi) is 4.18. The van der Waals surface area contributed by atoms with Crippen molar-refractivity contribution >= 4 is 17.2 Å². The van der Waals surface area contributed by atoms with E-state index in [1.54, 1.807) is 23.9 Å². The molecule has 0 aromatic carbocycles. The average molecular weight is 291 g/mol. The molecule has 1 fully saturated rings. The van der Waals surface area contributed by atoms with Gasteiger partial charge in [-0.15, -0.1) is 11.3 Å². The van der Waals surface area contributed by atoms with E-state index in [0.29, 0.717) is 19.8 Å². The van der Waals surface area contributed by atoms with Gasteiger partial charge in [0.2, 0.25) is 5.91 Å². The van der Waals surface area contributed by atoms with Crippen LogP contribution in [0.15, 0.2) is 34.5 Å². The summed E-state index contributed by atoms with van der Waals surface area (Å²) < 4.78 is 10.3. The molecule has 1 N–H and O–H groups in total. The van der Waals surface area contributed by atoms with Gasteiger partial charge in [-0.3, -0.25) is 4.79 Å². The van der Waals surface area contributed by atoms with E-state index in [2.05, 4.69) is 16.8 Å². The molecule has 2 aromatic rings. The lowest BCUT2D eigenvalue weighted by Gasteiger charge is -2.20. The zero-order chi connectivity index (χ0) is 13.8. The van der Waals surface area contributed by atoms with Crippen LogP contribution in [-0.2, 0) is 16.1 Å². The van der Waals surface area contributed by atoms with Crippen LogP contribution >= 0.6 is 11.3 Å². The second kappa shape index (κ2) is 6.24. The Hall–Kier alpha value is -1.59. The Balaban J connectivity index is 1.54. The molecule has 0 bridgehead atoms. The molecular formula is C15H17NO3S. The summed E-state index contributed by atoms with van der Waals surface area (Å²) in [6.07, 6.45) is 5.05. The summed E-state index contributed by atoms with van der Waals surface area (Å²) in [7, 11) is 0. The number of hydrogen-bond acceptors (Lipinski definition) is 4. The number of carbonyl (C=O) groups excluding carboxylic acids is 1. The maximum atomic E-state index is 12.0. The van der Waals surface area contributed by atoms with Crippen molar-refractivity contribution in [2.45, 2.75) is 19.4 Å². The number of amides is 1. The first-order valence-corrected chi connectivity index (χ1v) is 7.66. The molecule has 1 saturated heterocycles. The number of nitrogens with one attached hydrogen (secondary N) is 1. The van der Waals surface area contributed by atoms with Crippen molar-refractivity contribution in [3.63, 3.8) is 0 Å². The SMILES string of the molecule is O=C(NCc1cc(-c2ccoc2)cs1)C1CCOCC1. The van der Waals surface area contributed by atoms with Crippen LogP contribution in [0.25, 0.3) is 11.1 Å². The average Bonchev–Trinajstić information content (AvgIpc) is 3.16. The van der Waals surface area contributed by atoms with Crippen LogP contribution in [0.1, 0.15) is 17.7 Å². The molecule has 0 aliphatic carbocycles. The third-order valence-corrected chi connectivity index (χ3v) is 4.47. The quantitative estimate of drug-likeness (QED) is 0.942. The fourth-order valence-corrected chi connectivity index (χ4v) is 3.16. The maximum absolute atomic E-state index is 12.0. The van der Waals surface area contributed by atoms with Gasteiger partial charge in [0.1, 0.15) is 0 Å². The molecule has 1 aliphatic heterocycles. The summed E-state index contributed by atoms with van der Waals surface area (Å²) in [6.45, 7) is 1.99. The number of thiophene rings is 1. The number of hydrogen-bond donors (Lipinski definition) is 1. The topological polar surface area (TPSA) is 51.5 Å². The molecule has 0 radical (unpaired) electrons. The molecule has 0 saturated carbocycles. The summed E-state index contributed by atoms with van der Waals surface area (Å²) in [4.78, 5) is 13.2. The van der Waals surface area contributed by atoms with Gasteiger partial charge in [0.25, 0.3) is 0 Å². The molecule has 106 valence electrons. The molecule has 2 aromatic heterocycles. The van der Waals surface area contributed by atoms with Crippen molar-refractivity contribution in [1.82, 2.24) is 5.32 Å². The molecule has 20 heavy (non-hydrogen) atoms. The third-order valence-electron chi connectivity index (χ3n) is 3.54. The molecule has 0 atom stereocenters. The van der Waals surface area contributed by atoms with Crippen molar-refractivity contribution in [2.75, 3.05) is 13.2 Å². The van der Waals surface area contributed by atoms with Crippen LogP contribution in [-0.4, -0.2) is 19.1 Å². The number of rotatable bonds is 4. The molecule has 1 aliphatic rings. The van der Waals surface area contributed by atoms with E-state index in [9.17, 15) is 4.79 Å². The summed E-state index contributed by atoms with van der Waals surface area (Å²) in [6, 6.07) is 4.03. The van der Waals surface area contributed by atoms with Gasteiger partial charge in [-0.2, -0.15) is 0 Å². The van der Waals surface area contributed by atoms with Gasteiger partial charge in [-0.25, -0.2) is 0 Å². The second-order valence-electron chi connectivity index (χ2n) is 4.92. The van der Waals surface area contributed by atoms with Crippen LogP contribution in [0.2, 0.25) is 0 Å².